The van der Waals surface area contributed by atoms with Crippen LogP contribution >= 0.6 is 0 Å². The lowest BCUT2D eigenvalue weighted by atomic mass is 10.3. The van der Waals surface area contributed by atoms with E-state index in [1.807, 2.05) is 0 Å². The lowest BCUT2D eigenvalue weighted by molar-refractivity contribution is 1.12. The van der Waals surface area contributed by atoms with Gasteiger partial charge in [-0.05, 0) is 6.07 Å². The normalized spacial score (nSPS) is 9.79. The topological polar surface area (TPSA) is 89.6 Å². The second-order valence-electron chi connectivity index (χ2n) is 2.49. The van der Waals surface area contributed by atoms with Crippen molar-refractivity contribution >= 4 is 5.82 Å². The van der Waals surface area contributed by atoms with Crippen molar-refractivity contribution in [2.75, 3.05) is 5.43 Å². The summed E-state index contributed by atoms with van der Waals surface area (Å²) in [5.74, 6) is 5.78. The zero-order chi connectivity index (χ0) is 9.80. The van der Waals surface area contributed by atoms with Gasteiger partial charge in [0, 0.05) is 18.6 Å². The van der Waals surface area contributed by atoms with E-state index >= 15 is 0 Å². The van der Waals surface area contributed by atoms with Crippen molar-refractivity contribution in [2.24, 2.45) is 5.84 Å². The predicted octanol–water partition coefficient (Wildman–Crippen LogP) is 0.219. The summed E-state index contributed by atoms with van der Waals surface area (Å²) in [7, 11) is 0. The summed E-state index contributed by atoms with van der Waals surface area (Å²) in [6, 6.07) is 1.74. The summed E-state index contributed by atoms with van der Waals surface area (Å²) < 4.78 is 0. The Balaban J connectivity index is 2.51. The molecule has 70 valence electrons. The van der Waals surface area contributed by atoms with Crippen LogP contribution < -0.4 is 11.3 Å². The Morgan fingerprint density at radius 2 is 1.93 bits per heavy atom. The van der Waals surface area contributed by atoms with Gasteiger partial charge >= 0.3 is 0 Å². The van der Waals surface area contributed by atoms with E-state index in [4.69, 9.17) is 5.84 Å². The third kappa shape index (κ3) is 1.50. The van der Waals surface area contributed by atoms with Gasteiger partial charge in [0.25, 0.3) is 0 Å². The molecule has 0 saturated heterocycles. The number of nitrogens with two attached hydrogens (primary N) is 1. The largest absolute Gasteiger partial charge is 0.307 e. The Kier molecular flexibility index (Phi) is 2.28. The smallest absolute Gasteiger partial charge is 0.168 e. The fourth-order valence-electron chi connectivity index (χ4n) is 1.06. The molecule has 0 amide bonds. The van der Waals surface area contributed by atoms with E-state index < -0.39 is 0 Å². The SMILES string of the molecule is NNc1nccnc1-c1ccncn1. The molecule has 0 fully saturated rings. The molecule has 6 heteroatoms. The van der Waals surface area contributed by atoms with Gasteiger partial charge in [0.15, 0.2) is 5.82 Å². The van der Waals surface area contributed by atoms with E-state index in [1.54, 1.807) is 24.7 Å². The van der Waals surface area contributed by atoms with E-state index in [0.717, 1.165) is 0 Å². The van der Waals surface area contributed by atoms with Crippen LogP contribution in [-0.2, 0) is 0 Å². The quantitative estimate of drug-likeness (QED) is 0.517. The summed E-state index contributed by atoms with van der Waals surface area (Å²) in [5, 5.41) is 0. The van der Waals surface area contributed by atoms with Crippen molar-refractivity contribution in [3.05, 3.63) is 31.0 Å². The van der Waals surface area contributed by atoms with Crippen LogP contribution in [0, 0.1) is 0 Å². The van der Waals surface area contributed by atoms with Crippen LogP contribution in [0.3, 0.4) is 0 Å². The van der Waals surface area contributed by atoms with Gasteiger partial charge in [-0.2, -0.15) is 0 Å². The number of rotatable bonds is 2. The van der Waals surface area contributed by atoms with Crippen LogP contribution in [0.2, 0.25) is 0 Å². The molecule has 0 aliphatic heterocycles. The van der Waals surface area contributed by atoms with Crippen LogP contribution in [0.15, 0.2) is 31.0 Å². The molecule has 0 bridgehead atoms. The minimum atomic E-state index is 0.492. The molecule has 0 saturated carbocycles. The molecule has 6 nitrogen and oxygen atoms in total. The van der Waals surface area contributed by atoms with Gasteiger partial charge in [-0.3, -0.25) is 0 Å². The Morgan fingerprint density at radius 3 is 2.64 bits per heavy atom. The average molecular weight is 188 g/mol. The Hall–Kier alpha value is -2.08. The van der Waals surface area contributed by atoms with Crippen molar-refractivity contribution in [3.63, 3.8) is 0 Å². The maximum absolute atomic E-state index is 5.29. The number of nitrogens with zero attached hydrogens (tertiary/aromatic N) is 4. The highest BCUT2D eigenvalue weighted by Gasteiger charge is 2.06. The van der Waals surface area contributed by atoms with Crippen molar-refractivity contribution in [3.8, 4) is 11.4 Å². The van der Waals surface area contributed by atoms with Gasteiger partial charge in [0.2, 0.25) is 0 Å². The van der Waals surface area contributed by atoms with E-state index in [2.05, 4.69) is 25.4 Å². The van der Waals surface area contributed by atoms with Gasteiger partial charge in [-0.15, -0.1) is 0 Å². The minimum absolute atomic E-state index is 0.492. The van der Waals surface area contributed by atoms with Crippen LogP contribution in [0.25, 0.3) is 11.4 Å². The van der Waals surface area contributed by atoms with E-state index in [9.17, 15) is 0 Å². The van der Waals surface area contributed by atoms with Crippen molar-refractivity contribution in [1.82, 2.24) is 19.9 Å². The first-order valence-corrected chi connectivity index (χ1v) is 3.96. The Morgan fingerprint density at radius 1 is 1.07 bits per heavy atom. The fourth-order valence-corrected chi connectivity index (χ4v) is 1.06. The lowest BCUT2D eigenvalue weighted by Crippen LogP contribution is -2.10. The number of nitrogens with one attached hydrogen (secondary N) is 1. The summed E-state index contributed by atoms with van der Waals surface area (Å²) >= 11 is 0. The second-order valence-corrected chi connectivity index (χ2v) is 2.49. The van der Waals surface area contributed by atoms with E-state index in [1.165, 1.54) is 6.33 Å². The van der Waals surface area contributed by atoms with Crippen LogP contribution in [-0.4, -0.2) is 19.9 Å². The molecule has 2 aromatic heterocycles. The molecule has 14 heavy (non-hydrogen) atoms. The summed E-state index contributed by atoms with van der Waals surface area (Å²) in [5.41, 5.74) is 3.75. The Bertz CT molecular complexity index is 415. The van der Waals surface area contributed by atoms with E-state index in [-0.39, 0.29) is 0 Å². The molecule has 0 unspecified atom stereocenters. The number of hydrogen-bond donors (Lipinski definition) is 2. The first-order chi connectivity index (χ1) is 6.92. The molecule has 0 aliphatic rings. The van der Waals surface area contributed by atoms with Crippen molar-refractivity contribution < 1.29 is 0 Å². The van der Waals surface area contributed by atoms with Crippen LogP contribution in [0.4, 0.5) is 5.82 Å². The van der Waals surface area contributed by atoms with Gasteiger partial charge in [-0.1, -0.05) is 0 Å². The first-order valence-electron chi connectivity index (χ1n) is 3.96. The molecule has 0 atom stereocenters. The maximum atomic E-state index is 5.29. The van der Waals surface area contributed by atoms with E-state index in [0.29, 0.717) is 17.2 Å². The standard InChI is InChI=1S/C8H8N6/c9-14-8-7(11-3-4-12-8)6-1-2-10-5-13-6/h1-5H,9H2,(H,12,14). The molecule has 2 aromatic rings. The highest BCUT2D eigenvalue weighted by Crippen LogP contribution is 2.18. The minimum Gasteiger partial charge on any atom is -0.307 e. The molecule has 0 aromatic carbocycles. The van der Waals surface area contributed by atoms with Crippen molar-refractivity contribution in [2.45, 2.75) is 0 Å². The van der Waals surface area contributed by atoms with Crippen LogP contribution in [0.5, 0.6) is 0 Å². The zero-order valence-electron chi connectivity index (χ0n) is 7.25. The molecule has 2 rings (SSSR count). The maximum Gasteiger partial charge on any atom is 0.168 e. The van der Waals surface area contributed by atoms with Gasteiger partial charge in [0.1, 0.15) is 12.0 Å². The number of nitrogen functional groups attached to an aromatic ring is 1. The molecule has 0 spiro atoms. The van der Waals surface area contributed by atoms with Crippen LogP contribution in [0.1, 0.15) is 0 Å². The monoisotopic (exact) mass is 188 g/mol. The Labute approximate surface area is 80.2 Å². The number of hydrazine groups is 1. The predicted molar refractivity (Wildman–Crippen MR) is 50.9 cm³/mol. The van der Waals surface area contributed by atoms with Gasteiger partial charge < -0.3 is 5.43 Å². The zero-order valence-corrected chi connectivity index (χ0v) is 7.25. The third-order valence-corrected chi connectivity index (χ3v) is 1.66. The molecule has 0 aliphatic carbocycles. The van der Waals surface area contributed by atoms with Crippen molar-refractivity contribution in [1.29, 1.82) is 0 Å². The molecular weight excluding hydrogens is 180 g/mol. The fraction of sp³-hybridized carbons (Fsp3) is 0. The summed E-state index contributed by atoms with van der Waals surface area (Å²) in [4.78, 5) is 16.0. The first kappa shape index (κ1) is 8.52. The summed E-state index contributed by atoms with van der Waals surface area (Å²) in [6.45, 7) is 0. The molecule has 0 radical (unpaired) electrons. The van der Waals surface area contributed by atoms with Gasteiger partial charge in [0.05, 0.1) is 5.69 Å². The number of hydrogen-bond acceptors (Lipinski definition) is 6. The summed E-state index contributed by atoms with van der Waals surface area (Å²) in [6.07, 6.45) is 6.22. The number of aromatic nitrogens is 4. The molecule has 2 heterocycles. The molecular formula is C8H8N6. The lowest BCUT2D eigenvalue weighted by Gasteiger charge is -2.04. The highest BCUT2D eigenvalue weighted by molar-refractivity contribution is 5.66. The number of anilines is 1. The molecule has 3 N–H and O–H groups in total. The average Bonchev–Trinajstić information content (AvgIpc) is 2.30. The highest BCUT2D eigenvalue weighted by atomic mass is 15.3. The van der Waals surface area contributed by atoms with Gasteiger partial charge in [-0.25, -0.2) is 25.8 Å². The second kappa shape index (κ2) is 3.75. The third-order valence-electron chi connectivity index (χ3n) is 1.66.